The molecule has 6 heteroatoms. The van der Waals surface area contributed by atoms with Crippen molar-refractivity contribution in [3.63, 3.8) is 0 Å². The molecule has 0 radical (unpaired) electrons. The number of ether oxygens (including phenoxy) is 5. The fourth-order valence-electron chi connectivity index (χ4n) is 4.78. The molecule has 0 amide bonds. The van der Waals surface area contributed by atoms with Crippen molar-refractivity contribution in [2.24, 2.45) is 0 Å². The molecule has 1 saturated heterocycles. The first-order chi connectivity index (χ1) is 19.8. The van der Waals surface area contributed by atoms with Gasteiger partial charge in [0, 0.05) is 0 Å². The molecule has 40 heavy (non-hydrogen) atoms. The van der Waals surface area contributed by atoms with Crippen LogP contribution in [-0.4, -0.2) is 42.4 Å². The smallest absolute Gasteiger partial charge is 0.187 e. The summed E-state index contributed by atoms with van der Waals surface area (Å²) < 4.78 is 32.1. The van der Waals surface area contributed by atoms with E-state index in [0.717, 1.165) is 22.3 Å². The molecule has 6 nitrogen and oxygen atoms in total. The van der Waals surface area contributed by atoms with E-state index in [9.17, 15) is 5.11 Å². The Morgan fingerprint density at radius 2 is 0.800 bits per heavy atom. The first-order valence-electron chi connectivity index (χ1n) is 13.7. The minimum Gasteiger partial charge on any atom is -0.394 e. The van der Waals surface area contributed by atoms with Crippen LogP contribution in [0.3, 0.4) is 0 Å². The van der Waals surface area contributed by atoms with Gasteiger partial charge in [0.2, 0.25) is 0 Å². The maximum Gasteiger partial charge on any atom is 0.187 e. The molecule has 1 heterocycles. The molecule has 1 N–H and O–H groups in total. The Bertz CT molecular complexity index is 1240. The second-order valence-corrected chi connectivity index (χ2v) is 9.81. The van der Waals surface area contributed by atoms with E-state index >= 15 is 0 Å². The second kappa shape index (κ2) is 14.9. The average molecular weight is 541 g/mol. The maximum atomic E-state index is 10.4. The minimum atomic E-state index is -0.779. The number of hydrogen-bond donors (Lipinski definition) is 1. The summed E-state index contributed by atoms with van der Waals surface area (Å²) in [7, 11) is 0. The highest BCUT2D eigenvalue weighted by Gasteiger charge is 2.48. The molecular formula is C34H36O6. The van der Waals surface area contributed by atoms with E-state index in [0.29, 0.717) is 26.4 Å². The zero-order chi connectivity index (χ0) is 27.4. The van der Waals surface area contributed by atoms with Crippen LogP contribution in [0.1, 0.15) is 22.3 Å². The van der Waals surface area contributed by atoms with Gasteiger partial charge in [0.05, 0.1) is 33.0 Å². The molecule has 1 aliphatic rings. The van der Waals surface area contributed by atoms with Gasteiger partial charge in [-0.1, -0.05) is 121 Å². The second-order valence-electron chi connectivity index (χ2n) is 9.81. The summed E-state index contributed by atoms with van der Waals surface area (Å²) in [4.78, 5) is 0. The van der Waals surface area contributed by atoms with Crippen LogP contribution in [0.25, 0.3) is 0 Å². The number of rotatable bonds is 13. The standard InChI is InChI=1S/C34H36O6/c35-21-30-31(36-22-26-13-5-1-6-14-26)32(37-23-27-15-7-2-8-16-27)33(38-24-28-17-9-3-10-18-28)34(40-30)39-25-29-19-11-4-12-20-29/h1-20,30-35H,21-25H2/t30-,31-,32+,33+,34?/m1/s1. The summed E-state index contributed by atoms with van der Waals surface area (Å²) in [6.45, 7) is 1.13. The van der Waals surface area contributed by atoms with Crippen LogP contribution in [0.4, 0.5) is 0 Å². The monoisotopic (exact) mass is 540 g/mol. The zero-order valence-corrected chi connectivity index (χ0v) is 22.5. The van der Waals surface area contributed by atoms with Crippen molar-refractivity contribution in [3.8, 4) is 0 Å². The van der Waals surface area contributed by atoms with Crippen molar-refractivity contribution in [2.45, 2.75) is 57.1 Å². The van der Waals surface area contributed by atoms with Crippen LogP contribution < -0.4 is 0 Å². The van der Waals surface area contributed by atoms with Crippen LogP contribution >= 0.6 is 0 Å². The normalized spacial score (nSPS) is 22.7. The highest BCUT2D eigenvalue weighted by atomic mass is 16.7. The van der Waals surface area contributed by atoms with Crippen LogP contribution in [0, 0.1) is 0 Å². The Morgan fingerprint density at radius 3 is 1.20 bits per heavy atom. The first-order valence-corrected chi connectivity index (χ1v) is 13.7. The number of benzene rings is 4. The van der Waals surface area contributed by atoms with Gasteiger partial charge < -0.3 is 28.8 Å². The van der Waals surface area contributed by atoms with E-state index < -0.39 is 30.7 Å². The van der Waals surface area contributed by atoms with Crippen molar-refractivity contribution in [1.82, 2.24) is 0 Å². The molecular weight excluding hydrogens is 504 g/mol. The molecule has 0 aliphatic carbocycles. The SMILES string of the molecule is OC[C@H]1OC(OCc2ccccc2)[C@@H](OCc2ccccc2)[C@@H](OCc2ccccc2)[C@@H]1OCc1ccccc1. The van der Waals surface area contributed by atoms with Gasteiger partial charge in [-0.25, -0.2) is 0 Å². The Labute approximate surface area is 236 Å². The van der Waals surface area contributed by atoms with E-state index in [-0.39, 0.29) is 6.61 Å². The van der Waals surface area contributed by atoms with Gasteiger partial charge in [-0.3, -0.25) is 0 Å². The number of aliphatic hydroxyl groups excluding tert-OH is 1. The molecule has 1 unspecified atom stereocenters. The van der Waals surface area contributed by atoms with Crippen molar-refractivity contribution >= 4 is 0 Å². The third-order valence-corrected chi connectivity index (χ3v) is 6.88. The van der Waals surface area contributed by atoms with Crippen LogP contribution in [0.2, 0.25) is 0 Å². The summed E-state index contributed by atoms with van der Waals surface area (Å²) in [5.41, 5.74) is 4.08. The lowest BCUT2D eigenvalue weighted by Gasteiger charge is -2.45. The lowest BCUT2D eigenvalue weighted by molar-refractivity contribution is -0.329. The molecule has 0 spiro atoms. The summed E-state index contributed by atoms with van der Waals surface area (Å²) in [5.74, 6) is 0. The van der Waals surface area contributed by atoms with Gasteiger partial charge in [0.15, 0.2) is 6.29 Å². The largest absolute Gasteiger partial charge is 0.394 e. The van der Waals surface area contributed by atoms with Gasteiger partial charge >= 0.3 is 0 Å². The average Bonchev–Trinajstić information content (AvgIpc) is 3.03. The van der Waals surface area contributed by atoms with Crippen molar-refractivity contribution in [1.29, 1.82) is 0 Å². The summed E-state index contributed by atoms with van der Waals surface area (Å²) in [6, 6.07) is 39.8. The van der Waals surface area contributed by atoms with Gasteiger partial charge in [-0.15, -0.1) is 0 Å². The third kappa shape index (κ3) is 7.86. The van der Waals surface area contributed by atoms with Crippen molar-refractivity contribution in [2.75, 3.05) is 6.61 Å². The van der Waals surface area contributed by atoms with Crippen molar-refractivity contribution < 1.29 is 28.8 Å². The van der Waals surface area contributed by atoms with Gasteiger partial charge in [-0.2, -0.15) is 0 Å². The lowest BCUT2D eigenvalue weighted by Crippen LogP contribution is -2.61. The molecule has 1 fully saturated rings. The van der Waals surface area contributed by atoms with E-state index in [2.05, 4.69) is 0 Å². The Morgan fingerprint density at radius 1 is 0.450 bits per heavy atom. The molecule has 0 saturated carbocycles. The fourth-order valence-corrected chi connectivity index (χ4v) is 4.78. The molecule has 5 atom stereocenters. The van der Waals surface area contributed by atoms with Crippen LogP contribution in [0.5, 0.6) is 0 Å². The molecule has 4 aromatic rings. The zero-order valence-electron chi connectivity index (χ0n) is 22.5. The van der Waals surface area contributed by atoms with E-state index in [1.165, 1.54) is 0 Å². The topological polar surface area (TPSA) is 66.4 Å². The number of aliphatic hydroxyl groups is 1. The third-order valence-electron chi connectivity index (χ3n) is 6.88. The predicted octanol–water partition coefficient (Wildman–Crippen LogP) is 5.68. The summed E-state index contributed by atoms with van der Waals surface area (Å²) in [5, 5.41) is 10.4. The van der Waals surface area contributed by atoms with Gasteiger partial charge in [-0.05, 0) is 22.3 Å². The van der Waals surface area contributed by atoms with E-state index in [1.54, 1.807) is 0 Å². The Balaban J connectivity index is 1.41. The van der Waals surface area contributed by atoms with Crippen molar-refractivity contribution in [3.05, 3.63) is 144 Å². The number of hydrogen-bond acceptors (Lipinski definition) is 6. The minimum absolute atomic E-state index is 0.249. The highest BCUT2D eigenvalue weighted by Crippen LogP contribution is 2.31. The Hall–Kier alpha value is -3.36. The first kappa shape index (κ1) is 28.2. The molecule has 4 aromatic carbocycles. The maximum absolute atomic E-state index is 10.4. The fraction of sp³-hybridized carbons (Fsp3) is 0.294. The molecule has 0 aromatic heterocycles. The quantitative estimate of drug-likeness (QED) is 0.236. The summed E-state index contributed by atoms with van der Waals surface area (Å²) in [6.07, 6.45) is -3.22. The van der Waals surface area contributed by atoms with Crippen LogP contribution in [0.15, 0.2) is 121 Å². The Kier molecular flexibility index (Phi) is 10.5. The molecule has 0 bridgehead atoms. The van der Waals surface area contributed by atoms with E-state index in [4.69, 9.17) is 23.7 Å². The predicted molar refractivity (Wildman–Crippen MR) is 152 cm³/mol. The van der Waals surface area contributed by atoms with Gasteiger partial charge in [0.25, 0.3) is 0 Å². The van der Waals surface area contributed by atoms with Gasteiger partial charge in [0.1, 0.15) is 24.4 Å². The molecule has 208 valence electrons. The molecule has 5 rings (SSSR count). The summed E-state index contributed by atoms with van der Waals surface area (Å²) >= 11 is 0. The van der Waals surface area contributed by atoms with E-state index in [1.807, 2.05) is 121 Å². The lowest BCUT2D eigenvalue weighted by atomic mass is 9.97. The van der Waals surface area contributed by atoms with Crippen LogP contribution in [-0.2, 0) is 50.1 Å². The molecule has 1 aliphatic heterocycles. The highest BCUT2D eigenvalue weighted by molar-refractivity contribution is 5.16.